The molecule has 0 amide bonds. The minimum absolute atomic E-state index is 0.225. The smallest absolute Gasteiger partial charge is 0.159 e. The highest BCUT2D eigenvalue weighted by atomic mass is 32.2. The van der Waals surface area contributed by atoms with Gasteiger partial charge in [0.1, 0.15) is 5.82 Å². The first-order chi connectivity index (χ1) is 8.58. The molecule has 2 aromatic rings. The molecule has 0 radical (unpaired) electrons. The topological polar surface area (TPSA) is 26.0 Å². The van der Waals surface area contributed by atoms with Gasteiger partial charge in [0.15, 0.2) is 11.6 Å². The normalized spacial score (nSPS) is 10.7. The van der Waals surface area contributed by atoms with Gasteiger partial charge in [-0.15, -0.1) is 0 Å². The van der Waals surface area contributed by atoms with Gasteiger partial charge in [-0.05, 0) is 42.0 Å². The van der Waals surface area contributed by atoms with E-state index in [1.54, 1.807) is 6.07 Å². The van der Waals surface area contributed by atoms with E-state index >= 15 is 0 Å². The third kappa shape index (κ3) is 3.05. The van der Waals surface area contributed by atoms with Crippen LogP contribution >= 0.6 is 11.8 Å². The lowest BCUT2D eigenvalue weighted by Crippen LogP contribution is -1.97. The maximum Gasteiger partial charge on any atom is 0.159 e. The van der Waals surface area contributed by atoms with Gasteiger partial charge < -0.3 is 5.73 Å². The lowest BCUT2D eigenvalue weighted by atomic mass is 10.2. The Morgan fingerprint density at radius 3 is 2.33 bits per heavy atom. The van der Waals surface area contributed by atoms with Gasteiger partial charge in [0.2, 0.25) is 0 Å². The second-order valence-corrected chi connectivity index (χ2v) is 4.82. The molecule has 0 aromatic heterocycles. The molecule has 0 saturated carbocycles. The van der Waals surface area contributed by atoms with Crippen LogP contribution in [-0.2, 0) is 6.54 Å². The Bertz CT molecular complexity index is 572. The molecule has 0 saturated heterocycles. The van der Waals surface area contributed by atoms with Gasteiger partial charge in [-0.2, -0.15) is 0 Å². The molecule has 18 heavy (non-hydrogen) atoms. The summed E-state index contributed by atoms with van der Waals surface area (Å²) in [7, 11) is 0. The largest absolute Gasteiger partial charge is 0.326 e. The highest BCUT2D eigenvalue weighted by Gasteiger charge is 2.06. The molecule has 5 heteroatoms. The van der Waals surface area contributed by atoms with Crippen molar-refractivity contribution in [2.45, 2.75) is 16.3 Å². The summed E-state index contributed by atoms with van der Waals surface area (Å²) < 4.78 is 39.0. The van der Waals surface area contributed by atoms with Crippen LogP contribution in [0, 0.1) is 17.5 Å². The van der Waals surface area contributed by atoms with Crippen molar-refractivity contribution in [2.75, 3.05) is 0 Å². The summed E-state index contributed by atoms with van der Waals surface area (Å²) in [6, 6.07) is 7.94. The van der Waals surface area contributed by atoms with Crippen LogP contribution in [-0.4, -0.2) is 0 Å². The Kier molecular flexibility index (Phi) is 3.93. The molecule has 0 bridgehead atoms. The van der Waals surface area contributed by atoms with Crippen LogP contribution in [0.4, 0.5) is 13.2 Å². The van der Waals surface area contributed by atoms with Crippen molar-refractivity contribution in [3.63, 3.8) is 0 Å². The summed E-state index contributed by atoms with van der Waals surface area (Å²) in [5.74, 6) is -2.22. The standard InChI is InChI=1S/C13H10F3NS/c14-9-3-8(7-17)4-11(5-9)18-10-1-2-12(15)13(16)6-10/h1-6H,7,17H2. The summed E-state index contributed by atoms with van der Waals surface area (Å²) in [4.78, 5) is 1.10. The van der Waals surface area contributed by atoms with E-state index in [1.165, 1.54) is 18.2 Å². The van der Waals surface area contributed by atoms with Gasteiger partial charge >= 0.3 is 0 Å². The average Bonchev–Trinajstić information content (AvgIpc) is 2.33. The predicted molar refractivity (Wildman–Crippen MR) is 64.8 cm³/mol. The molecule has 0 aliphatic carbocycles. The first-order valence-corrected chi connectivity index (χ1v) is 6.02. The highest BCUT2D eigenvalue weighted by molar-refractivity contribution is 7.99. The minimum atomic E-state index is -0.921. The third-order valence-corrected chi connectivity index (χ3v) is 3.25. The molecule has 1 nitrogen and oxygen atoms in total. The summed E-state index contributed by atoms with van der Waals surface area (Å²) in [6.45, 7) is 0.225. The van der Waals surface area contributed by atoms with Gasteiger partial charge in [-0.3, -0.25) is 0 Å². The van der Waals surface area contributed by atoms with Crippen molar-refractivity contribution in [1.29, 1.82) is 0 Å². The van der Waals surface area contributed by atoms with Crippen molar-refractivity contribution >= 4 is 11.8 Å². The Morgan fingerprint density at radius 1 is 0.889 bits per heavy atom. The van der Waals surface area contributed by atoms with E-state index in [1.807, 2.05) is 0 Å². The lowest BCUT2D eigenvalue weighted by Gasteiger charge is -2.05. The van der Waals surface area contributed by atoms with Gasteiger partial charge in [0.25, 0.3) is 0 Å². The van der Waals surface area contributed by atoms with Gasteiger partial charge in [0, 0.05) is 16.3 Å². The molecule has 0 spiro atoms. The summed E-state index contributed by atoms with van der Waals surface area (Å²) in [5.41, 5.74) is 6.09. The predicted octanol–water partition coefficient (Wildman–Crippen LogP) is 3.71. The van der Waals surface area contributed by atoms with Crippen molar-refractivity contribution in [3.05, 3.63) is 59.4 Å². The molecular weight excluding hydrogens is 259 g/mol. The van der Waals surface area contributed by atoms with Crippen LogP contribution in [0.25, 0.3) is 0 Å². The number of rotatable bonds is 3. The summed E-state index contributed by atoms with van der Waals surface area (Å²) in [5, 5.41) is 0. The van der Waals surface area contributed by atoms with E-state index in [9.17, 15) is 13.2 Å². The molecule has 0 heterocycles. The first kappa shape index (κ1) is 13.0. The van der Waals surface area contributed by atoms with E-state index in [2.05, 4.69) is 0 Å². The van der Waals surface area contributed by atoms with Gasteiger partial charge in [0.05, 0.1) is 0 Å². The quantitative estimate of drug-likeness (QED) is 0.919. The first-order valence-electron chi connectivity index (χ1n) is 5.21. The molecule has 2 rings (SSSR count). The zero-order valence-corrected chi connectivity index (χ0v) is 10.1. The Labute approximate surface area is 107 Å². The number of benzene rings is 2. The Morgan fingerprint density at radius 2 is 1.67 bits per heavy atom. The van der Waals surface area contributed by atoms with Gasteiger partial charge in [-0.1, -0.05) is 11.8 Å². The summed E-state index contributed by atoms with van der Waals surface area (Å²) >= 11 is 1.15. The molecular formula is C13H10F3NS. The van der Waals surface area contributed by atoms with E-state index in [0.717, 1.165) is 23.9 Å². The van der Waals surface area contributed by atoms with Crippen LogP contribution in [0.15, 0.2) is 46.2 Å². The SMILES string of the molecule is NCc1cc(F)cc(Sc2ccc(F)c(F)c2)c1. The average molecular weight is 269 g/mol. The highest BCUT2D eigenvalue weighted by Crippen LogP contribution is 2.29. The maximum atomic E-state index is 13.3. The Hall–Kier alpha value is -1.46. The van der Waals surface area contributed by atoms with E-state index in [0.29, 0.717) is 15.4 Å². The van der Waals surface area contributed by atoms with Crippen LogP contribution < -0.4 is 5.73 Å². The van der Waals surface area contributed by atoms with Crippen LogP contribution in [0.3, 0.4) is 0 Å². The maximum absolute atomic E-state index is 13.3. The zero-order chi connectivity index (χ0) is 13.1. The Balaban J connectivity index is 2.27. The minimum Gasteiger partial charge on any atom is -0.326 e. The fourth-order valence-electron chi connectivity index (χ4n) is 1.47. The zero-order valence-electron chi connectivity index (χ0n) is 9.29. The number of hydrogen-bond acceptors (Lipinski definition) is 2. The van der Waals surface area contributed by atoms with Crippen LogP contribution in [0.1, 0.15) is 5.56 Å². The molecule has 94 valence electrons. The van der Waals surface area contributed by atoms with Gasteiger partial charge in [-0.25, -0.2) is 13.2 Å². The molecule has 0 atom stereocenters. The lowest BCUT2D eigenvalue weighted by molar-refractivity contribution is 0.506. The second-order valence-electron chi connectivity index (χ2n) is 3.68. The molecule has 0 aliphatic rings. The van der Waals surface area contributed by atoms with Crippen molar-refractivity contribution in [3.8, 4) is 0 Å². The molecule has 0 unspecified atom stereocenters. The second kappa shape index (κ2) is 5.46. The van der Waals surface area contributed by atoms with E-state index < -0.39 is 17.5 Å². The van der Waals surface area contributed by atoms with Crippen molar-refractivity contribution in [1.82, 2.24) is 0 Å². The fourth-order valence-corrected chi connectivity index (χ4v) is 2.43. The van der Waals surface area contributed by atoms with Crippen LogP contribution in [0.5, 0.6) is 0 Å². The number of hydrogen-bond donors (Lipinski definition) is 1. The molecule has 0 fully saturated rings. The fraction of sp³-hybridized carbons (Fsp3) is 0.0769. The molecule has 0 aliphatic heterocycles. The molecule has 2 N–H and O–H groups in total. The van der Waals surface area contributed by atoms with E-state index in [4.69, 9.17) is 5.73 Å². The monoisotopic (exact) mass is 269 g/mol. The van der Waals surface area contributed by atoms with Crippen LogP contribution in [0.2, 0.25) is 0 Å². The number of halogens is 3. The third-order valence-electron chi connectivity index (χ3n) is 2.29. The molecule has 2 aromatic carbocycles. The van der Waals surface area contributed by atoms with Crippen molar-refractivity contribution in [2.24, 2.45) is 5.73 Å². The number of nitrogens with two attached hydrogens (primary N) is 1. The summed E-state index contributed by atoms with van der Waals surface area (Å²) in [6.07, 6.45) is 0. The van der Waals surface area contributed by atoms with E-state index in [-0.39, 0.29) is 6.54 Å². The van der Waals surface area contributed by atoms with Crippen molar-refractivity contribution < 1.29 is 13.2 Å².